The highest BCUT2D eigenvalue weighted by molar-refractivity contribution is 5.81. The van der Waals surface area contributed by atoms with Crippen molar-refractivity contribution in [3.8, 4) is 5.75 Å². The minimum absolute atomic E-state index is 0.0950. The molecule has 0 N–H and O–H groups in total. The third-order valence-corrected chi connectivity index (χ3v) is 4.69. The van der Waals surface area contributed by atoms with Crippen LogP contribution in [0.4, 0.5) is 0 Å². The first-order valence-electron chi connectivity index (χ1n) is 8.28. The molecule has 1 atom stereocenters. The van der Waals surface area contributed by atoms with E-state index in [9.17, 15) is 9.59 Å². The first-order chi connectivity index (χ1) is 11.1. The van der Waals surface area contributed by atoms with E-state index < -0.39 is 0 Å². The topological polar surface area (TPSA) is 55.8 Å². The maximum absolute atomic E-state index is 12.2. The molecular weight excluding hydrogens is 294 g/mol. The number of piperidine rings is 1. The molecule has 0 aromatic heterocycles. The van der Waals surface area contributed by atoms with E-state index in [2.05, 4.69) is 6.92 Å². The number of amides is 1. The molecule has 5 nitrogen and oxygen atoms in total. The molecule has 1 saturated heterocycles. The fourth-order valence-electron chi connectivity index (χ4n) is 3.08. The molecule has 3 rings (SSSR count). The summed E-state index contributed by atoms with van der Waals surface area (Å²) in [6.45, 7) is 3.87. The van der Waals surface area contributed by atoms with Gasteiger partial charge in [0, 0.05) is 13.1 Å². The van der Waals surface area contributed by atoms with E-state index in [1.165, 1.54) is 0 Å². The van der Waals surface area contributed by atoms with Crippen molar-refractivity contribution in [1.82, 2.24) is 4.90 Å². The molecule has 23 heavy (non-hydrogen) atoms. The van der Waals surface area contributed by atoms with Crippen molar-refractivity contribution in [2.45, 2.75) is 26.2 Å². The molecule has 2 aliphatic rings. The van der Waals surface area contributed by atoms with E-state index in [1.807, 2.05) is 24.3 Å². The SMILES string of the molecule is CC1CCN(C(=O)COC(=O)C2COc3ccccc3C2)CC1. The van der Waals surface area contributed by atoms with Gasteiger partial charge >= 0.3 is 5.97 Å². The van der Waals surface area contributed by atoms with Gasteiger partial charge in [-0.2, -0.15) is 0 Å². The largest absolute Gasteiger partial charge is 0.492 e. The van der Waals surface area contributed by atoms with Gasteiger partial charge in [-0.1, -0.05) is 25.1 Å². The molecule has 2 heterocycles. The average molecular weight is 317 g/mol. The lowest BCUT2D eigenvalue weighted by molar-refractivity contribution is -0.157. The van der Waals surface area contributed by atoms with E-state index in [4.69, 9.17) is 9.47 Å². The van der Waals surface area contributed by atoms with Gasteiger partial charge < -0.3 is 14.4 Å². The zero-order chi connectivity index (χ0) is 16.2. The Morgan fingerprint density at radius 2 is 2.00 bits per heavy atom. The van der Waals surface area contributed by atoms with Crippen LogP contribution in [0.2, 0.25) is 0 Å². The van der Waals surface area contributed by atoms with Crippen LogP contribution in [0.1, 0.15) is 25.3 Å². The molecule has 0 bridgehead atoms. The highest BCUT2D eigenvalue weighted by atomic mass is 16.5. The van der Waals surface area contributed by atoms with Crippen molar-refractivity contribution in [3.63, 3.8) is 0 Å². The molecule has 1 unspecified atom stereocenters. The molecule has 1 aromatic carbocycles. The van der Waals surface area contributed by atoms with Crippen LogP contribution in [0, 0.1) is 11.8 Å². The van der Waals surface area contributed by atoms with Gasteiger partial charge in [-0.05, 0) is 36.8 Å². The van der Waals surface area contributed by atoms with Crippen molar-refractivity contribution < 1.29 is 19.1 Å². The van der Waals surface area contributed by atoms with Gasteiger partial charge in [0.2, 0.25) is 0 Å². The first kappa shape index (κ1) is 15.8. The number of hydrogen-bond donors (Lipinski definition) is 0. The Morgan fingerprint density at radius 3 is 2.78 bits per heavy atom. The van der Waals surface area contributed by atoms with Crippen molar-refractivity contribution >= 4 is 11.9 Å². The number of para-hydroxylation sites is 1. The summed E-state index contributed by atoms with van der Waals surface area (Å²) in [6.07, 6.45) is 2.64. The van der Waals surface area contributed by atoms with Gasteiger partial charge in [-0.25, -0.2) is 0 Å². The summed E-state index contributed by atoms with van der Waals surface area (Å²) in [7, 11) is 0. The second-order valence-electron chi connectivity index (χ2n) is 6.49. The normalized spacial score (nSPS) is 21.3. The monoisotopic (exact) mass is 317 g/mol. The number of hydrogen-bond acceptors (Lipinski definition) is 4. The Bertz CT molecular complexity index is 578. The van der Waals surface area contributed by atoms with Crippen LogP contribution in [0.25, 0.3) is 0 Å². The van der Waals surface area contributed by atoms with Crippen LogP contribution in [0.5, 0.6) is 5.75 Å². The summed E-state index contributed by atoms with van der Waals surface area (Å²) >= 11 is 0. The van der Waals surface area contributed by atoms with Crippen molar-refractivity contribution in [3.05, 3.63) is 29.8 Å². The maximum Gasteiger partial charge on any atom is 0.313 e. The van der Waals surface area contributed by atoms with Crippen LogP contribution >= 0.6 is 0 Å². The summed E-state index contributed by atoms with van der Waals surface area (Å²) in [6, 6.07) is 7.69. The summed E-state index contributed by atoms with van der Waals surface area (Å²) in [5.74, 6) is 0.718. The molecule has 2 aliphatic heterocycles. The number of ether oxygens (including phenoxy) is 2. The van der Waals surface area contributed by atoms with E-state index in [0.29, 0.717) is 18.9 Å². The van der Waals surface area contributed by atoms with Crippen LogP contribution in [-0.4, -0.2) is 43.1 Å². The Kier molecular flexibility index (Phi) is 4.84. The number of benzene rings is 1. The highest BCUT2D eigenvalue weighted by Crippen LogP contribution is 2.27. The Balaban J connectivity index is 1.47. The fraction of sp³-hybridized carbons (Fsp3) is 0.556. The molecule has 124 valence electrons. The zero-order valence-corrected chi connectivity index (χ0v) is 13.5. The van der Waals surface area contributed by atoms with Crippen LogP contribution in [0.15, 0.2) is 24.3 Å². The molecule has 0 spiro atoms. The van der Waals surface area contributed by atoms with E-state index in [0.717, 1.165) is 37.2 Å². The predicted molar refractivity (Wildman–Crippen MR) is 85.1 cm³/mol. The lowest BCUT2D eigenvalue weighted by atomic mass is 9.97. The Hall–Kier alpha value is -2.04. The first-order valence-corrected chi connectivity index (χ1v) is 8.28. The summed E-state index contributed by atoms with van der Waals surface area (Å²) in [4.78, 5) is 26.1. The molecule has 0 radical (unpaired) electrons. The predicted octanol–water partition coefficient (Wildman–Crippen LogP) is 2.04. The maximum atomic E-state index is 12.2. The summed E-state index contributed by atoms with van der Waals surface area (Å²) in [5, 5.41) is 0. The van der Waals surface area contributed by atoms with Crippen molar-refractivity contribution in [2.75, 3.05) is 26.3 Å². The van der Waals surface area contributed by atoms with Gasteiger partial charge in [0.25, 0.3) is 5.91 Å². The van der Waals surface area contributed by atoms with Gasteiger partial charge in [0.05, 0.1) is 5.92 Å². The smallest absolute Gasteiger partial charge is 0.313 e. The van der Waals surface area contributed by atoms with Gasteiger partial charge in [0.15, 0.2) is 6.61 Å². The number of carbonyl (C=O) groups excluding carboxylic acids is 2. The van der Waals surface area contributed by atoms with Crippen molar-refractivity contribution in [1.29, 1.82) is 0 Å². The summed E-state index contributed by atoms with van der Waals surface area (Å²) in [5.41, 5.74) is 1.01. The van der Waals surface area contributed by atoms with Gasteiger partial charge in [0.1, 0.15) is 12.4 Å². The van der Waals surface area contributed by atoms with E-state index in [1.54, 1.807) is 4.90 Å². The second kappa shape index (κ2) is 7.02. The lowest BCUT2D eigenvalue weighted by Crippen LogP contribution is -2.41. The molecule has 1 amide bonds. The third-order valence-electron chi connectivity index (χ3n) is 4.69. The molecule has 1 fully saturated rings. The van der Waals surface area contributed by atoms with Gasteiger partial charge in [-0.3, -0.25) is 9.59 Å². The number of esters is 1. The van der Waals surface area contributed by atoms with E-state index >= 15 is 0 Å². The Morgan fingerprint density at radius 1 is 1.26 bits per heavy atom. The van der Waals surface area contributed by atoms with Crippen molar-refractivity contribution in [2.24, 2.45) is 11.8 Å². The number of nitrogens with zero attached hydrogens (tertiary/aromatic N) is 1. The molecular formula is C18H23NO4. The third kappa shape index (κ3) is 3.84. The quantitative estimate of drug-likeness (QED) is 0.801. The fourth-order valence-corrected chi connectivity index (χ4v) is 3.08. The van der Waals surface area contributed by atoms with Gasteiger partial charge in [-0.15, -0.1) is 0 Å². The highest BCUT2D eigenvalue weighted by Gasteiger charge is 2.28. The number of likely N-dealkylation sites (tertiary alicyclic amines) is 1. The number of fused-ring (bicyclic) bond motifs is 1. The zero-order valence-electron chi connectivity index (χ0n) is 13.5. The number of carbonyl (C=O) groups is 2. The average Bonchev–Trinajstić information content (AvgIpc) is 2.59. The lowest BCUT2D eigenvalue weighted by Gasteiger charge is -2.30. The standard InChI is InChI=1S/C18H23NO4/c1-13-6-8-19(9-7-13)17(20)12-23-18(21)15-10-14-4-2-3-5-16(14)22-11-15/h2-5,13,15H,6-12H2,1H3. The minimum Gasteiger partial charge on any atom is -0.492 e. The minimum atomic E-state index is -0.349. The van der Waals surface area contributed by atoms with Crippen LogP contribution in [0.3, 0.4) is 0 Å². The molecule has 0 saturated carbocycles. The molecule has 1 aromatic rings. The van der Waals surface area contributed by atoms with E-state index in [-0.39, 0.29) is 24.4 Å². The Labute approximate surface area is 136 Å². The number of rotatable bonds is 3. The summed E-state index contributed by atoms with van der Waals surface area (Å²) < 4.78 is 10.8. The van der Waals surface area contributed by atoms with Crippen LogP contribution < -0.4 is 4.74 Å². The molecule has 0 aliphatic carbocycles. The molecule has 5 heteroatoms. The van der Waals surface area contributed by atoms with Crippen LogP contribution in [-0.2, 0) is 20.7 Å². The second-order valence-corrected chi connectivity index (χ2v) is 6.49.